The molecule has 0 radical (unpaired) electrons. The molecule has 0 atom stereocenters. The van der Waals surface area contributed by atoms with Crippen LogP contribution in [0.5, 0.6) is 0 Å². The van der Waals surface area contributed by atoms with Gasteiger partial charge < -0.3 is 5.11 Å². The summed E-state index contributed by atoms with van der Waals surface area (Å²) in [7, 11) is 0. The number of thiophene rings is 1. The first-order valence-electron chi connectivity index (χ1n) is 4.08. The summed E-state index contributed by atoms with van der Waals surface area (Å²) in [5.74, 6) is 0. The Balaban J connectivity index is 2.49. The predicted molar refractivity (Wildman–Crippen MR) is 60.3 cm³/mol. The third-order valence-electron chi connectivity index (χ3n) is 1.89. The molecule has 2 aromatic rings. The molecular weight excluding hydrogens is 248 g/mol. The zero-order valence-corrected chi connectivity index (χ0v) is 9.36. The molecule has 13 heavy (non-hydrogen) atoms. The summed E-state index contributed by atoms with van der Waals surface area (Å²) < 4.78 is 2.39. The highest BCUT2D eigenvalue weighted by Gasteiger charge is 2.01. The minimum absolute atomic E-state index is 0.230. The Morgan fingerprint density at radius 3 is 2.92 bits per heavy atom. The largest absolute Gasteiger partial charge is 0.396 e. The number of aliphatic hydroxyl groups is 1. The van der Waals surface area contributed by atoms with Crippen LogP contribution in [0.3, 0.4) is 0 Å². The van der Waals surface area contributed by atoms with E-state index >= 15 is 0 Å². The molecule has 2 rings (SSSR count). The lowest BCUT2D eigenvalue weighted by Gasteiger charge is -1.88. The molecule has 0 saturated carbocycles. The van der Waals surface area contributed by atoms with Gasteiger partial charge in [-0.1, -0.05) is 15.9 Å². The van der Waals surface area contributed by atoms with Gasteiger partial charge in [0.2, 0.25) is 0 Å². The Labute approximate surface area is 89.1 Å². The number of rotatable bonds is 2. The van der Waals surface area contributed by atoms with Gasteiger partial charge in [0, 0.05) is 27.1 Å². The average molecular weight is 257 g/mol. The number of aliphatic hydroxyl groups excluding tert-OH is 1. The average Bonchev–Trinajstić information content (AvgIpc) is 2.46. The van der Waals surface area contributed by atoms with Crippen LogP contribution < -0.4 is 0 Å². The number of fused-ring (bicyclic) bond motifs is 1. The Morgan fingerprint density at radius 1 is 1.31 bits per heavy atom. The Kier molecular flexibility index (Phi) is 2.67. The van der Waals surface area contributed by atoms with Crippen LogP contribution in [-0.2, 0) is 6.42 Å². The van der Waals surface area contributed by atoms with Crippen LogP contribution in [-0.4, -0.2) is 11.7 Å². The van der Waals surface area contributed by atoms with E-state index in [0.717, 1.165) is 10.9 Å². The highest BCUT2D eigenvalue weighted by molar-refractivity contribution is 9.10. The van der Waals surface area contributed by atoms with Crippen LogP contribution in [0, 0.1) is 0 Å². The molecule has 0 bridgehead atoms. The maximum absolute atomic E-state index is 8.80. The van der Waals surface area contributed by atoms with Crippen molar-refractivity contribution in [2.24, 2.45) is 0 Å². The zero-order valence-electron chi connectivity index (χ0n) is 6.96. The number of halogens is 1. The molecule has 0 aliphatic carbocycles. The van der Waals surface area contributed by atoms with Crippen molar-refractivity contribution in [3.8, 4) is 0 Å². The van der Waals surface area contributed by atoms with Gasteiger partial charge in [0.1, 0.15) is 0 Å². The van der Waals surface area contributed by atoms with Crippen LogP contribution in [0.2, 0.25) is 0 Å². The van der Waals surface area contributed by atoms with Crippen molar-refractivity contribution in [2.45, 2.75) is 6.42 Å². The maximum Gasteiger partial charge on any atom is 0.0479 e. The van der Waals surface area contributed by atoms with Gasteiger partial charge in [-0.05, 0) is 29.7 Å². The van der Waals surface area contributed by atoms with Crippen molar-refractivity contribution in [3.63, 3.8) is 0 Å². The molecule has 0 amide bonds. The Bertz CT molecular complexity index is 422. The fourth-order valence-corrected chi connectivity index (χ4v) is 2.71. The quantitative estimate of drug-likeness (QED) is 0.875. The Morgan fingerprint density at radius 2 is 2.15 bits per heavy atom. The van der Waals surface area contributed by atoms with Gasteiger partial charge >= 0.3 is 0 Å². The molecular formula is C10H9BrOS. The molecule has 0 saturated heterocycles. The molecule has 1 heterocycles. The second-order valence-electron chi connectivity index (χ2n) is 2.87. The molecule has 1 aromatic carbocycles. The van der Waals surface area contributed by atoms with Gasteiger partial charge in [0.25, 0.3) is 0 Å². The molecule has 0 fully saturated rings. The van der Waals surface area contributed by atoms with Crippen molar-refractivity contribution >= 4 is 37.4 Å². The van der Waals surface area contributed by atoms with E-state index < -0.39 is 0 Å². The predicted octanol–water partition coefficient (Wildman–Crippen LogP) is 3.20. The van der Waals surface area contributed by atoms with Crippen LogP contribution in [0.1, 0.15) is 4.88 Å². The molecule has 0 aliphatic rings. The van der Waals surface area contributed by atoms with E-state index in [9.17, 15) is 0 Å². The van der Waals surface area contributed by atoms with Gasteiger partial charge in [-0.3, -0.25) is 0 Å². The number of hydrogen-bond donors (Lipinski definition) is 1. The molecule has 1 aromatic heterocycles. The van der Waals surface area contributed by atoms with E-state index in [1.165, 1.54) is 15.0 Å². The standard InChI is InChI=1S/C10H9BrOS/c11-8-1-2-10-7(5-8)6-9(13-10)3-4-12/h1-2,5-6,12H,3-4H2. The van der Waals surface area contributed by atoms with E-state index in [-0.39, 0.29) is 6.61 Å². The normalized spacial score (nSPS) is 10.9. The van der Waals surface area contributed by atoms with Crippen LogP contribution >= 0.6 is 27.3 Å². The highest BCUT2D eigenvalue weighted by atomic mass is 79.9. The van der Waals surface area contributed by atoms with E-state index in [0.29, 0.717) is 0 Å². The lowest BCUT2D eigenvalue weighted by molar-refractivity contribution is 0.300. The van der Waals surface area contributed by atoms with Crippen molar-refractivity contribution in [1.82, 2.24) is 0 Å². The highest BCUT2D eigenvalue weighted by Crippen LogP contribution is 2.28. The molecule has 0 unspecified atom stereocenters. The lowest BCUT2D eigenvalue weighted by Crippen LogP contribution is -1.84. The number of hydrogen-bond acceptors (Lipinski definition) is 2. The van der Waals surface area contributed by atoms with Crippen LogP contribution in [0.25, 0.3) is 10.1 Å². The molecule has 3 heteroatoms. The third-order valence-corrected chi connectivity index (χ3v) is 3.56. The van der Waals surface area contributed by atoms with E-state index in [2.05, 4.69) is 34.1 Å². The first-order valence-corrected chi connectivity index (χ1v) is 5.69. The first-order chi connectivity index (χ1) is 6.29. The summed E-state index contributed by atoms with van der Waals surface area (Å²) in [5, 5.41) is 10.0. The minimum atomic E-state index is 0.230. The van der Waals surface area contributed by atoms with Crippen molar-refractivity contribution in [2.75, 3.05) is 6.61 Å². The zero-order chi connectivity index (χ0) is 9.26. The summed E-state index contributed by atoms with van der Waals surface area (Å²) >= 11 is 5.19. The van der Waals surface area contributed by atoms with Crippen LogP contribution in [0.4, 0.5) is 0 Å². The number of benzene rings is 1. The van der Waals surface area contributed by atoms with Crippen molar-refractivity contribution in [1.29, 1.82) is 0 Å². The van der Waals surface area contributed by atoms with Gasteiger partial charge in [-0.25, -0.2) is 0 Å². The first kappa shape index (κ1) is 9.19. The van der Waals surface area contributed by atoms with Gasteiger partial charge in [-0.2, -0.15) is 0 Å². The van der Waals surface area contributed by atoms with Crippen LogP contribution in [0.15, 0.2) is 28.7 Å². The van der Waals surface area contributed by atoms with E-state index in [1.54, 1.807) is 11.3 Å². The van der Waals surface area contributed by atoms with E-state index in [4.69, 9.17) is 5.11 Å². The van der Waals surface area contributed by atoms with Gasteiger partial charge in [-0.15, -0.1) is 11.3 Å². The smallest absolute Gasteiger partial charge is 0.0479 e. The SMILES string of the molecule is OCCc1cc2cc(Br)ccc2s1. The third kappa shape index (κ3) is 1.93. The monoisotopic (exact) mass is 256 g/mol. The molecule has 68 valence electrons. The topological polar surface area (TPSA) is 20.2 Å². The fourth-order valence-electron chi connectivity index (χ4n) is 1.30. The summed E-state index contributed by atoms with van der Waals surface area (Å²) in [6, 6.07) is 8.39. The minimum Gasteiger partial charge on any atom is -0.396 e. The summed E-state index contributed by atoms with van der Waals surface area (Å²) in [4.78, 5) is 1.25. The fraction of sp³-hybridized carbons (Fsp3) is 0.200. The molecule has 1 nitrogen and oxygen atoms in total. The summed E-state index contributed by atoms with van der Waals surface area (Å²) in [5.41, 5.74) is 0. The van der Waals surface area contributed by atoms with Gasteiger partial charge in [0.15, 0.2) is 0 Å². The van der Waals surface area contributed by atoms with Crippen molar-refractivity contribution in [3.05, 3.63) is 33.6 Å². The van der Waals surface area contributed by atoms with Crippen molar-refractivity contribution < 1.29 is 5.11 Å². The maximum atomic E-state index is 8.80. The van der Waals surface area contributed by atoms with Gasteiger partial charge in [0.05, 0.1) is 0 Å². The summed E-state index contributed by atoms with van der Waals surface area (Å²) in [6.07, 6.45) is 0.761. The Hall–Kier alpha value is -0.380. The summed E-state index contributed by atoms with van der Waals surface area (Å²) in [6.45, 7) is 0.230. The second-order valence-corrected chi connectivity index (χ2v) is 4.95. The molecule has 0 aliphatic heterocycles. The second kappa shape index (κ2) is 3.78. The lowest BCUT2D eigenvalue weighted by atomic mass is 10.2. The van der Waals surface area contributed by atoms with E-state index in [1.807, 2.05) is 6.07 Å². The molecule has 0 spiro atoms. The molecule has 1 N–H and O–H groups in total.